The van der Waals surface area contributed by atoms with Crippen molar-refractivity contribution < 1.29 is 19.0 Å². The largest absolute Gasteiger partial charge is 0.497 e. The van der Waals surface area contributed by atoms with Gasteiger partial charge in [-0.1, -0.05) is 12.1 Å². The maximum absolute atomic E-state index is 12.5. The van der Waals surface area contributed by atoms with E-state index in [2.05, 4.69) is 20.7 Å². The number of methoxy groups -OCH3 is 3. The topological polar surface area (TPSA) is 97.8 Å². The first-order chi connectivity index (χ1) is 14.0. The second-order valence-electron chi connectivity index (χ2n) is 6.10. The summed E-state index contributed by atoms with van der Waals surface area (Å²) < 4.78 is 15.8. The van der Waals surface area contributed by atoms with Crippen LogP contribution >= 0.6 is 0 Å². The Kier molecular flexibility index (Phi) is 6.13. The number of H-pyrrole nitrogens is 1. The summed E-state index contributed by atoms with van der Waals surface area (Å²) in [4.78, 5) is 12.5. The predicted molar refractivity (Wildman–Crippen MR) is 110 cm³/mol. The number of carbonyl (C=O) groups is 1. The van der Waals surface area contributed by atoms with Gasteiger partial charge >= 0.3 is 0 Å². The molecule has 0 unspecified atom stereocenters. The Hall–Kier alpha value is -3.81. The summed E-state index contributed by atoms with van der Waals surface area (Å²) in [6, 6.07) is 14.4. The number of hydrazone groups is 1. The third kappa shape index (κ3) is 4.55. The van der Waals surface area contributed by atoms with Crippen molar-refractivity contribution in [1.29, 1.82) is 0 Å². The zero-order valence-corrected chi connectivity index (χ0v) is 16.6. The third-order valence-electron chi connectivity index (χ3n) is 4.32. The van der Waals surface area contributed by atoms with E-state index in [4.69, 9.17) is 14.2 Å². The van der Waals surface area contributed by atoms with Crippen molar-refractivity contribution in [3.05, 3.63) is 59.8 Å². The number of hydrogen-bond donors (Lipinski definition) is 2. The normalized spacial score (nSPS) is 11.1. The van der Waals surface area contributed by atoms with Gasteiger partial charge in [-0.25, -0.2) is 5.43 Å². The van der Waals surface area contributed by atoms with Crippen LogP contribution < -0.4 is 19.6 Å². The Labute approximate surface area is 168 Å². The first-order valence-electron chi connectivity index (χ1n) is 8.82. The summed E-state index contributed by atoms with van der Waals surface area (Å²) in [5, 5.41) is 11.1. The highest BCUT2D eigenvalue weighted by Gasteiger charge is 2.15. The van der Waals surface area contributed by atoms with Crippen LogP contribution in [-0.4, -0.2) is 43.1 Å². The SMILES string of the molecule is COc1cccc(C(C)=NNC(=O)c2cc(-c3cc(OC)ccc3OC)n[nH]2)c1. The lowest BCUT2D eigenvalue weighted by Crippen LogP contribution is -2.19. The number of aromatic amines is 1. The minimum Gasteiger partial charge on any atom is -0.497 e. The Morgan fingerprint density at radius 1 is 1.00 bits per heavy atom. The van der Waals surface area contributed by atoms with E-state index in [0.717, 1.165) is 5.56 Å². The molecule has 0 spiro atoms. The second kappa shape index (κ2) is 8.92. The van der Waals surface area contributed by atoms with Crippen molar-refractivity contribution in [3.8, 4) is 28.5 Å². The standard InChI is InChI=1S/C21H22N4O4/c1-13(14-6-5-7-15(10-14)27-2)22-25-21(26)19-12-18(23-24-19)17-11-16(28-3)8-9-20(17)29-4/h5-12H,1-4H3,(H,23,24)(H,25,26). The molecule has 0 bridgehead atoms. The smallest absolute Gasteiger partial charge is 0.289 e. The maximum Gasteiger partial charge on any atom is 0.289 e. The fraction of sp³-hybridized carbons (Fsp3) is 0.190. The number of benzene rings is 2. The van der Waals surface area contributed by atoms with Gasteiger partial charge in [-0.2, -0.15) is 10.2 Å². The molecule has 0 aliphatic carbocycles. The highest BCUT2D eigenvalue weighted by molar-refractivity contribution is 6.00. The molecule has 2 aromatic carbocycles. The summed E-state index contributed by atoms with van der Waals surface area (Å²) in [5.41, 5.74) is 5.55. The van der Waals surface area contributed by atoms with Gasteiger partial charge in [-0.3, -0.25) is 9.89 Å². The van der Waals surface area contributed by atoms with Gasteiger partial charge in [0.25, 0.3) is 5.91 Å². The molecule has 0 radical (unpaired) electrons. The van der Waals surface area contributed by atoms with Crippen molar-refractivity contribution >= 4 is 11.6 Å². The fourth-order valence-corrected chi connectivity index (χ4v) is 2.70. The number of ether oxygens (including phenoxy) is 3. The van der Waals surface area contributed by atoms with Crippen LogP contribution in [0.4, 0.5) is 0 Å². The second-order valence-corrected chi connectivity index (χ2v) is 6.10. The monoisotopic (exact) mass is 394 g/mol. The molecule has 2 N–H and O–H groups in total. The van der Waals surface area contributed by atoms with Crippen molar-refractivity contribution in [2.75, 3.05) is 21.3 Å². The van der Waals surface area contributed by atoms with E-state index < -0.39 is 5.91 Å². The molecule has 0 saturated heterocycles. The zero-order chi connectivity index (χ0) is 20.8. The first kappa shape index (κ1) is 19.9. The molecule has 0 fully saturated rings. The van der Waals surface area contributed by atoms with Crippen molar-refractivity contribution in [1.82, 2.24) is 15.6 Å². The Bertz CT molecular complexity index is 1040. The van der Waals surface area contributed by atoms with Crippen molar-refractivity contribution in [3.63, 3.8) is 0 Å². The number of amides is 1. The van der Waals surface area contributed by atoms with Gasteiger partial charge in [0.15, 0.2) is 0 Å². The van der Waals surface area contributed by atoms with Crippen LogP contribution in [0.5, 0.6) is 17.2 Å². The molecule has 8 nitrogen and oxygen atoms in total. The molecule has 0 aliphatic rings. The van der Waals surface area contributed by atoms with Crippen LogP contribution in [0.1, 0.15) is 23.0 Å². The van der Waals surface area contributed by atoms with E-state index >= 15 is 0 Å². The van der Waals surface area contributed by atoms with E-state index in [1.165, 1.54) is 0 Å². The quantitative estimate of drug-likeness (QED) is 0.473. The molecular formula is C21H22N4O4. The molecular weight excluding hydrogens is 372 g/mol. The number of nitrogens with one attached hydrogen (secondary N) is 2. The Balaban J connectivity index is 1.77. The molecule has 1 heterocycles. The molecule has 29 heavy (non-hydrogen) atoms. The van der Waals surface area contributed by atoms with E-state index in [9.17, 15) is 4.79 Å². The number of aromatic nitrogens is 2. The van der Waals surface area contributed by atoms with E-state index in [0.29, 0.717) is 34.2 Å². The number of nitrogens with zero attached hydrogens (tertiary/aromatic N) is 2. The highest BCUT2D eigenvalue weighted by atomic mass is 16.5. The molecule has 0 aliphatic heterocycles. The number of rotatable bonds is 7. The summed E-state index contributed by atoms with van der Waals surface area (Å²) in [7, 11) is 4.75. The number of carbonyl (C=O) groups excluding carboxylic acids is 1. The highest BCUT2D eigenvalue weighted by Crippen LogP contribution is 2.32. The molecule has 1 amide bonds. The fourth-order valence-electron chi connectivity index (χ4n) is 2.70. The van der Waals surface area contributed by atoms with Gasteiger partial charge in [0.2, 0.25) is 0 Å². The minimum atomic E-state index is -0.409. The summed E-state index contributed by atoms with van der Waals surface area (Å²) in [5.74, 6) is 1.59. The molecule has 150 valence electrons. The van der Waals surface area contributed by atoms with Crippen LogP contribution in [0.3, 0.4) is 0 Å². The average Bonchev–Trinajstić information content (AvgIpc) is 3.27. The van der Waals surface area contributed by atoms with Gasteiger partial charge < -0.3 is 14.2 Å². The van der Waals surface area contributed by atoms with Gasteiger partial charge in [0.1, 0.15) is 22.9 Å². The van der Waals surface area contributed by atoms with Crippen molar-refractivity contribution in [2.24, 2.45) is 5.10 Å². The molecule has 3 aromatic rings. The van der Waals surface area contributed by atoms with Crippen LogP contribution in [0.25, 0.3) is 11.3 Å². The lowest BCUT2D eigenvalue weighted by molar-refractivity contribution is 0.0950. The zero-order valence-electron chi connectivity index (χ0n) is 16.6. The van der Waals surface area contributed by atoms with Gasteiger partial charge in [0, 0.05) is 11.1 Å². The molecule has 0 saturated carbocycles. The van der Waals surface area contributed by atoms with Crippen molar-refractivity contribution in [2.45, 2.75) is 6.92 Å². The van der Waals surface area contributed by atoms with Gasteiger partial charge in [-0.15, -0.1) is 0 Å². The van der Waals surface area contributed by atoms with Crippen LogP contribution in [-0.2, 0) is 0 Å². The van der Waals surface area contributed by atoms with E-state index in [1.807, 2.05) is 24.3 Å². The average molecular weight is 394 g/mol. The summed E-state index contributed by atoms with van der Waals surface area (Å²) >= 11 is 0. The summed E-state index contributed by atoms with van der Waals surface area (Å²) in [6.45, 7) is 1.80. The Morgan fingerprint density at radius 2 is 1.76 bits per heavy atom. The third-order valence-corrected chi connectivity index (χ3v) is 4.32. The number of hydrogen-bond acceptors (Lipinski definition) is 6. The maximum atomic E-state index is 12.5. The lowest BCUT2D eigenvalue weighted by Gasteiger charge is -2.08. The lowest BCUT2D eigenvalue weighted by atomic mass is 10.1. The molecule has 3 rings (SSSR count). The van der Waals surface area contributed by atoms with Crippen LogP contribution in [0.2, 0.25) is 0 Å². The molecule has 8 heteroatoms. The van der Waals surface area contributed by atoms with Gasteiger partial charge in [0.05, 0.1) is 32.7 Å². The summed E-state index contributed by atoms with van der Waals surface area (Å²) in [6.07, 6.45) is 0. The van der Waals surface area contributed by atoms with Crippen LogP contribution in [0, 0.1) is 0 Å². The Morgan fingerprint density at radius 3 is 2.48 bits per heavy atom. The molecule has 1 aromatic heterocycles. The first-order valence-corrected chi connectivity index (χ1v) is 8.82. The molecule has 0 atom stereocenters. The van der Waals surface area contributed by atoms with E-state index in [1.54, 1.807) is 52.5 Å². The van der Waals surface area contributed by atoms with E-state index in [-0.39, 0.29) is 5.69 Å². The van der Waals surface area contributed by atoms with Gasteiger partial charge in [-0.05, 0) is 43.3 Å². The van der Waals surface area contributed by atoms with Crippen LogP contribution in [0.15, 0.2) is 53.6 Å². The minimum absolute atomic E-state index is 0.270. The predicted octanol–water partition coefficient (Wildman–Crippen LogP) is 3.26.